The van der Waals surface area contributed by atoms with Gasteiger partial charge in [-0.1, -0.05) is 6.42 Å². The molecule has 1 aliphatic rings. The first-order valence-electron chi connectivity index (χ1n) is 5.98. The third-order valence-corrected chi connectivity index (χ3v) is 5.01. The van der Waals surface area contributed by atoms with Crippen LogP contribution in [0.3, 0.4) is 0 Å². The van der Waals surface area contributed by atoms with Crippen LogP contribution in [0.15, 0.2) is 12.4 Å². The molecular formula is C12H21N3S. The maximum absolute atomic E-state index is 4.32. The maximum Gasteiger partial charge on any atom is 0.109 e. The molecule has 1 aliphatic carbocycles. The highest BCUT2D eigenvalue weighted by Crippen LogP contribution is 2.42. The molecule has 16 heavy (non-hydrogen) atoms. The minimum atomic E-state index is 0.543. The number of aromatic nitrogens is 2. The average Bonchev–Trinajstić information content (AvgIpc) is 2.62. The third kappa shape index (κ3) is 2.61. The molecule has 1 N–H and O–H groups in total. The SMILES string of the molecule is CSC1(CNCCc2nccn2C)CCC1. The van der Waals surface area contributed by atoms with Crippen LogP contribution >= 0.6 is 11.8 Å². The van der Waals surface area contributed by atoms with Gasteiger partial charge in [-0.15, -0.1) is 0 Å². The Kier molecular flexibility index (Phi) is 3.92. The number of thioether (sulfide) groups is 1. The molecule has 0 unspecified atom stereocenters. The number of nitrogens with zero attached hydrogens (tertiary/aromatic N) is 2. The summed E-state index contributed by atoms with van der Waals surface area (Å²) < 4.78 is 2.64. The van der Waals surface area contributed by atoms with Crippen molar-refractivity contribution >= 4 is 11.8 Å². The average molecular weight is 239 g/mol. The van der Waals surface area contributed by atoms with Crippen molar-refractivity contribution in [2.75, 3.05) is 19.3 Å². The minimum Gasteiger partial charge on any atom is -0.338 e. The van der Waals surface area contributed by atoms with E-state index < -0.39 is 0 Å². The molecule has 0 amide bonds. The molecule has 0 aromatic carbocycles. The Morgan fingerprint density at radius 3 is 2.88 bits per heavy atom. The molecule has 0 spiro atoms. The van der Waals surface area contributed by atoms with Crippen LogP contribution in [-0.2, 0) is 13.5 Å². The van der Waals surface area contributed by atoms with Crippen LogP contribution in [0.2, 0.25) is 0 Å². The van der Waals surface area contributed by atoms with Crippen LogP contribution in [-0.4, -0.2) is 33.6 Å². The quantitative estimate of drug-likeness (QED) is 0.768. The number of imidazole rings is 1. The Balaban J connectivity index is 1.67. The van der Waals surface area contributed by atoms with E-state index in [0.29, 0.717) is 4.75 Å². The Hall–Kier alpha value is -0.480. The van der Waals surface area contributed by atoms with Crippen molar-refractivity contribution in [3.63, 3.8) is 0 Å². The first kappa shape index (κ1) is 12.0. The summed E-state index contributed by atoms with van der Waals surface area (Å²) in [6.45, 7) is 2.19. The molecule has 0 radical (unpaired) electrons. The summed E-state index contributed by atoms with van der Waals surface area (Å²) in [5.41, 5.74) is 0. The van der Waals surface area contributed by atoms with Gasteiger partial charge in [0.1, 0.15) is 5.82 Å². The predicted molar refractivity (Wildman–Crippen MR) is 69.9 cm³/mol. The molecule has 0 aliphatic heterocycles. The van der Waals surface area contributed by atoms with E-state index >= 15 is 0 Å². The lowest BCUT2D eigenvalue weighted by molar-refractivity contribution is 0.346. The van der Waals surface area contributed by atoms with Crippen molar-refractivity contribution in [1.82, 2.24) is 14.9 Å². The first-order chi connectivity index (χ1) is 7.76. The second kappa shape index (κ2) is 5.23. The zero-order chi connectivity index (χ0) is 11.4. The van der Waals surface area contributed by atoms with Crippen LogP contribution in [0.4, 0.5) is 0 Å². The summed E-state index contributed by atoms with van der Waals surface area (Å²) in [6, 6.07) is 0. The fourth-order valence-corrected chi connectivity index (χ4v) is 3.12. The van der Waals surface area contributed by atoms with Gasteiger partial charge in [-0.25, -0.2) is 4.98 Å². The van der Waals surface area contributed by atoms with Crippen LogP contribution in [0, 0.1) is 0 Å². The van der Waals surface area contributed by atoms with Crippen molar-refractivity contribution in [2.24, 2.45) is 7.05 Å². The number of nitrogens with one attached hydrogen (secondary N) is 1. The summed E-state index contributed by atoms with van der Waals surface area (Å²) >= 11 is 2.03. The third-order valence-electron chi connectivity index (χ3n) is 3.59. The fraction of sp³-hybridized carbons (Fsp3) is 0.750. The van der Waals surface area contributed by atoms with Gasteiger partial charge >= 0.3 is 0 Å². The van der Waals surface area contributed by atoms with Gasteiger partial charge in [-0.2, -0.15) is 11.8 Å². The van der Waals surface area contributed by atoms with Gasteiger partial charge in [0.15, 0.2) is 0 Å². The predicted octanol–water partition coefficient (Wildman–Crippen LogP) is 1.84. The van der Waals surface area contributed by atoms with Crippen molar-refractivity contribution in [3.8, 4) is 0 Å². The van der Waals surface area contributed by atoms with Crippen LogP contribution in [0.5, 0.6) is 0 Å². The molecule has 1 saturated carbocycles. The monoisotopic (exact) mass is 239 g/mol. The second-order valence-corrected chi connectivity index (χ2v) is 5.90. The van der Waals surface area contributed by atoms with E-state index in [1.54, 1.807) is 0 Å². The molecule has 1 aromatic heterocycles. The Morgan fingerprint density at radius 2 is 2.38 bits per heavy atom. The van der Waals surface area contributed by atoms with Gasteiger partial charge in [0.05, 0.1) is 0 Å². The van der Waals surface area contributed by atoms with E-state index in [1.165, 1.54) is 25.1 Å². The topological polar surface area (TPSA) is 29.9 Å². The van der Waals surface area contributed by atoms with Crippen molar-refractivity contribution < 1.29 is 0 Å². The molecule has 2 rings (SSSR count). The van der Waals surface area contributed by atoms with E-state index in [0.717, 1.165) is 19.5 Å². The lowest BCUT2D eigenvalue weighted by Gasteiger charge is -2.40. The molecule has 0 atom stereocenters. The fourth-order valence-electron chi connectivity index (χ4n) is 2.18. The molecule has 1 fully saturated rings. The highest BCUT2D eigenvalue weighted by molar-refractivity contribution is 8.00. The first-order valence-corrected chi connectivity index (χ1v) is 7.20. The van der Waals surface area contributed by atoms with Crippen LogP contribution in [0.25, 0.3) is 0 Å². The van der Waals surface area contributed by atoms with Gasteiger partial charge in [0.2, 0.25) is 0 Å². The number of aryl methyl sites for hydroxylation is 1. The highest BCUT2D eigenvalue weighted by atomic mass is 32.2. The van der Waals surface area contributed by atoms with Gasteiger partial charge in [0.25, 0.3) is 0 Å². The molecule has 0 saturated heterocycles. The molecule has 1 aromatic rings. The Morgan fingerprint density at radius 1 is 1.56 bits per heavy atom. The summed E-state index contributed by atoms with van der Waals surface area (Å²) in [4.78, 5) is 4.32. The van der Waals surface area contributed by atoms with Crippen molar-refractivity contribution in [2.45, 2.75) is 30.4 Å². The summed E-state index contributed by atoms with van der Waals surface area (Å²) in [6.07, 6.45) is 11.3. The molecular weight excluding hydrogens is 218 g/mol. The zero-order valence-corrected chi connectivity index (χ0v) is 11.0. The minimum absolute atomic E-state index is 0.543. The summed E-state index contributed by atoms with van der Waals surface area (Å²) in [5, 5.41) is 3.57. The molecule has 3 nitrogen and oxygen atoms in total. The van der Waals surface area contributed by atoms with Crippen LogP contribution < -0.4 is 5.32 Å². The van der Waals surface area contributed by atoms with Crippen molar-refractivity contribution in [3.05, 3.63) is 18.2 Å². The van der Waals surface area contributed by atoms with Gasteiger partial charge in [-0.05, 0) is 19.1 Å². The maximum atomic E-state index is 4.32. The normalized spacial score (nSPS) is 18.4. The lowest BCUT2D eigenvalue weighted by atomic mass is 9.84. The van der Waals surface area contributed by atoms with Crippen LogP contribution in [0.1, 0.15) is 25.1 Å². The summed E-state index contributed by atoms with van der Waals surface area (Å²) in [5.74, 6) is 1.17. The van der Waals surface area contributed by atoms with E-state index in [1.807, 2.05) is 24.2 Å². The Labute approximate surface area is 102 Å². The van der Waals surface area contributed by atoms with E-state index in [4.69, 9.17) is 0 Å². The largest absolute Gasteiger partial charge is 0.338 e. The smallest absolute Gasteiger partial charge is 0.109 e. The Bertz CT molecular complexity index is 325. The van der Waals surface area contributed by atoms with Crippen molar-refractivity contribution in [1.29, 1.82) is 0 Å². The van der Waals surface area contributed by atoms with Gasteiger partial charge < -0.3 is 9.88 Å². The second-order valence-electron chi connectivity index (χ2n) is 4.62. The summed E-state index contributed by atoms with van der Waals surface area (Å²) in [7, 11) is 2.05. The molecule has 0 bridgehead atoms. The molecule has 1 heterocycles. The lowest BCUT2D eigenvalue weighted by Crippen LogP contribution is -2.43. The molecule has 90 valence electrons. The van der Waals surface area contributed by atoms with Gasteiger partial charge in [-0.3, -0.25) is 0 Å². The number of hydrogen-bond acceptors (Lipinski definition) is 3. The zero-order valence-electron chi connectivity index (χ0n) is 10.2. The van der Waals surface area contributed by atoms with E-state index in [-0.39, 0.29) is 0 Å². The standard InChI is InChI=1S/C12H21N3S/c1-15-9-8-14-11(15)4-7-13-10-12(16-2)5-3-6-12/h8-9,13H,3-7,10H2,1-2H3. The highest BCUT2D eigenvalue weighted by Gasteiger charge is 2.35. The van der Waals surface area contributed by atoms with E-state index in [9.17, 15) is 0 Å². The van der Waals surface area contributed by atoms with Gasteiger partial charge in [0, 0.05) is 43.7 Å². The van der Waals surface area contributed by atoms with E-state index in [2.05, 4.69) is 28.2 Å². The molecule has 4 heteroatoms. The number of rotatable bonds is 6. The number of hydrogen-bond donors (Lipinski definition) is 1.